The van der Waals surface area contributed by atoms with E-state index in [0.29, 0.717) is 94.1 Å². The van der Waals surface area contributed by atoms with Crippen molar-refractivity contribution in [3.63, 3.8) is 0 Å². The molecule has 20 aromatic rings. The molecule has 1 saturated heterocycles. The number of hydrogen-bond donors (Lipinski definition) is 9. The van der Waals surface area contributed by atoms with Crippen LogP contribution in [0.1, 0.15) is 110 Å². The van der Waals surface area contributed by atoms with E-state index >= 15 is 0 Å². The summed E-state index contributed by atoms with van der Waals surface area (Å²) in [5.74, 6) is -0.980. The SMILES string of the molecule is CCOC(=O)c1cnc(Br)s1.CCOC(=O)c1cnc(Nc2nccc(-c3c(C)nc4ccccn34)n2)s1.Cc1nc2ccccn2c1-c1ccnc(N)n1.Cc1nc2ccccn2c1-c1ccnc(Nc2ncc(C(=O)NO)s2)n1.Cc1nc2ccccn2c1-c1ccnc(Nc2ncc(C(=O)NOC3CCCCO3)s2)n1.Cc1nc2ccccn2c1-c1ccnc(Nc2ncc(C(=O)O)s2)n1. The number of aromatic carboxylic acids is 1. The molecule has 0 saturated carbocycles. The van der Waals surface area contributed by atoms with Gasteiger partial charge >= 0.3 is 17.9 Å². The highest BCUT2D eigenvalue weighted by Crippen LogP contribution is 2.34. The number of nitrogens with two attached hydrogens (primary N) is 1. The number of ether oxygens (including phenoxy) is 3. The van der Waals surface area contributed by atoms with Gasteiger partial charge in [-0.25, -0.2) is 130 Å². The number of carboxylic acids is 1. The first-order valence-electron chi connectivity index (χ1n) is 41.8. The summed E-state index contributed by atoms with van der Waals surface area (Å²) >= 11 is 8.89. The Hall–Kier alpha value is -16.3. The molecule has 1 unspecified atom stereocenters. The number of carbonyl (C=O) groups is 5. The molecule has 49 heteroatoms. The minimum absolute atomic E-state index is 0.149. The summed E-state index contributed by atoms with van der Waals surface area (Å²) in [7, 11) is 0. The quantitative estimate of drug-likeness (QED) is 0.0173. The highest BCUT2D eigenvalue weighted by molar-refractivity contribution is 9.11. The van der Waals surface area contributed by atoms with E-state index in [1.165, 1.54) is 65.0 Å². The number of rotatable bonds is 22. The third kappa shape index (κ3) is 23.0. The number of thiazole rings is 5. The Morgan fingerprint density at radius 2 is 0.725 bits per heavy atom. The summed E-state index contributed by atoms with van der Waals surface area (Å²) in [6.45, 7) is 14.6. The van der Waals surface area contributed by atoms with Crippen molar-refractivity contribution in [3.05, 3.63) is 271 Å². The molecular formula is C89H79BrN32O11S5. The number of amides is 2. The van der Waals surface area contributed by atoms with Gasteiger partial charge < -0.3 is 46.3 Å². The molecule has 698 valence electrons. The molecule has 21 heterocycles. The Kier molecular flexibility index (Phi) is 30.4. The smallest absolute Gasteiger partial charge is 0.350 e. The number of esters is 2. The van der Waals surface area contributed by atoms with Crippen LogP contribution in [0, 0.1) is 34.6 Å². The predicted octanol–water partition coefficient (Wildman–Crippen LogP) is 16.1. The third-order valence-electron chi connectivity index (χ3n) is 19.5. The fourth-order valence-corrected chi connectivity index (χ4v) is 17.6. The normalized spacial score (nSPS) is 12.0. The molecule has 0 aromatic carbocycles. The van der Waals surface area contributed by atoms with Crippen molar-refractivity contribution in [1.29, 1.82) is 0 Å². The van der Waals surface area contributed by atoms with Crippen LogP contribution in [-0.2, 0) is 19.0 Å². The van der Waals surface area contributed by atoms with Crippen LogP contribution in [0.3, 0.4) is 0 Å². The topological polar surface area (TPSA) is 541 Å². The number of nitrogens with zero attached hydrogens (tertiary/aromatic N) is 25. The Bertz CT molecular complexity index is 7760. The number of fused-ring (bicyclic) bond motifs is 5. The zero-order chi connectivity index (χ0) is 96.3. The molecule has 0 spiro atoms. The number of hydrogen-bond acceptors (Lipinski definition) is 40. The number of nitrogen functional groups attached to an aromatic ring is 1. The van der Waals surface area contributed by atoms with Crippen molar-refractivity contribution in [2.75, 3.05) is 46.8 Å². The maximum atomic E-state index is 12.3. The zero-order valence-corrected chi connectivity index (χ0v) is 79.4. The van der Waals surface area contributed by atoms with E-state index in [1.54, 1.807) is 62.4 Å². The van der Waals surface area contributed by atoms with Crippen molar-refractivity contribution in [2.45, 2.75) is 74.0 Å². The molecule has 0 aliphatic carbocycles. The minimum Gasteiger partial charge on any atom is -0.477 e. The van der Waals surface area contributed by atoms with Crippen molar-refractivity contribution >= 4 is 181 Å². The van der Waals surface area contributed by atoms with Crippen molar-refractivity contribution in [2.24, 2.45) is 0 Å². The second kappa shape index (κ2) is 44.3. The fourth-order valence-electron chi connectivity index (χ4n) is 13.7. The molecule has 20 aromatic heterocycles. The highest BCUT2D eigenvalue weighted by atomic mass is 79.9. The van der Waals surface area contributed by atoms with Crippen LogP contribution in [0.5, 0.6) is 0 Å². The van der Waals surface area contributed by atoms with Crippen LogP contribution >= 0.6 is 72.6 Å². The van der Waals surface area contributed by atoms with Gasteiger partial charge in [-0.15, -0.1) is 11.3 Å². The van der Waals surface area contributed by atoms with Gasteiger partial charge in [0.1, 0.15) is 52.6 Å². The largest absolute Gasteiger partial charge is 0.477 e. The van der Waals surface area contributed by atoms with Crippen LogP contribution in [0.25, 0.3) is 85.2 Å². The molecule has 1 fully saturated rings. The van der Waals surface area contributed by atoms with E-state index in [4.69, 9.17) is 35.1 Å². The second-order valence-electron chi connectivity index (χ2n) is 28.9. The number of carboxylic acid groups (broad SMARTS) is 1. The number of anilines is 9. The number of aryl methyl sites for hydroxylation is 5. The summed E-state index contributed by atoms with van der Waals surface area (Å²) in [5, 5.41) is 31.5. The second-order valence-corrected chi connectivity index (χ2v) is 35.3. The van der Waals surface area contributed by atoms with Crippen LogP contribution in [-0.4, -0.2) is 188 Å². The van der Waals surface area contributed by atoms with Gasteiger partial charge in [-0.3, -0.25) is 36.8 Å². The number of aromatic nitrogens is 25. The number of pyridine rings is 5. The van der Waals surface area contributed by atoms with Gasteiger partial charge in [0.15, 0.2) is 30.7 Å². The summed E-state index contributed by atoms with van der Waals surface area (Å²) in [5.41, 5.74) is 26.5. The Morgan fingerprint density at radius 3 is 1.04 bits per heavy atom. The molecule has 21 rings (SSSR count). The van der Waals surface area contributed by atoms with Crippen molar-refractivity contribution in [1.82, 2.24) is 133 Å². The van der Waals surface area contributed by atoms with Gasteiger partial charge in [0.05, 0.1) is 130 Å². The third-order valence-corrected chi connectivity index (χ3v) is 24.6. The van der Waals surface area contributed by atoms with Crippen molar-refractivity contribution in [3.8, 4) is 56.9 Å². The molecule has 0 bridgehead atoms. The van der Waals surface area contributed by atoms with E-state index in [2.05, 4.69) is 142 Å². The van der Waals surface area contributed by atoms with Crippen LogP contribution < -0.4 is 38.0 Å². The molecule has 10 N–H and O–H groups in total. The first-order valence-corrected chi connectivity index (χ1v) is 46.7. The van der Waals surface area contributed by atoms with E-state index < -0.39 is 18.2 Å². The average Bonchev–Trinajstić information content (AvgIpc) is 1.68. The molecule has 1 atom stereocenters. The standard InChI is InChI=1S/C21H21N7O3S.C18H16N6O2S.C16H13N7O2S.C16H12N6O2S.C12H11N5.C6H6BrNO2S/c1-13-18(28-10-4-2-6-16(28)24-13)14-8-9-22-20(25-14)26-21-23-12-15(32-21)19(29)27-31-17-7-3-5-11-30-17;1-3-26-16(25)13-10-20-18(27-13)23-17-19-8-7-12(22-17)15-11(2)21-14-6-4-5-9-24(14)15;1-9-13(23-7-3-2-4-12(23)19-9)10-5-6-17-15(20-10)21-16-18-8-11(26-16)14(24)22-25;1-9-13(22-7-3-2-4-12(22)19-9)10-5-6-17-15(20-10)21-16-18-8-11(25-16)14(23)24;1-8-11(9-5-6-14-12(13)16-9)17-7-3-2-4-10(17)15-8;1-2-10-5(9)4-3-8-6(7)11-4/h2,4,6,8-10,12,17H,3,5,7,11H2,1H3,(H,27,29)(H,22,23,25,26);4-10H,3H2,1-2H3,(H,19,20,22,23);2-8,25H,1H3,(H,22,24)(H,17,18,20,21);2-8H,1H3,(H,23,24)(H,17,18,20,21);2-7H,1H3,(H2,13,14,16);3H,2H2,1H3. The summed E-state index contributed by atoms with van der Waals surface area (Å²) < 4.78 is 25.8. The first-order chi connectivity index (χ1) is 67.1. The molecular weight excluding hydrogens is 1930 g/mol. The number of imidazole rings is 5. The maximum absolute atomic E-state index is 12.3. The Labute approximate surface area is 810 Å². The average molecular weight is 2010 g/mol. The molecule has 1 aliphatic heterocycles. The van der Waals surface area contributed by atoms with E-state index in [9.17, 15) is 24.0 Å². The number of carbonyl (C=O) groups excluding carboxylic acids is 4. The summed E-state index contributed by atoms with van der Waals surface area (Å²) in [6.07, 6.45) is 27.5. The lowest BCUT2D eigenvalue weighted by Crippen LogP contribution is -2.32. The lowest BCUT2D eigenvalue weighted by molar-refractivity contribution is -0.186. The van der Waals surface area contributed by atoms with E-state index in [0.717, 1.165) is 144 Å². The maximum Gasteiger partial charge on any atom is 0.350 e. The summed E-state index contributed by atoms with van der Waals surface area (Å²) in [6, 6.07) is 38.3. The number of halogens is 1. The minimum atomic E-state index is -1.01. The Balaban J connectivity index is 0.000000122. The van der Waals surface area contributed by atoms with E-state index in [-0.39, 0.29) is 33.5 Å². The molecule has 138 heavy (non-hydrogen) atoms. The van der Waals surface area contributed by atoms with Gasteiger partial charge in [-0.2, -0.15) is 0 Å². The van der Waals surface area contributed by atoms with Crippen LogP contribution in [0.15, 0.2) is 218 Å². The van der Waals surface area contributed by atoms with Gasteiger partial charge in [-0.1, -0.05) is 75.7 Å². The fraction of sp³-hybridized carbons (Fsp3) is 0.157. The van der Waals surface area contributed by atoms with Crippen LogP contribution in [0.2, 0.25) is 0 Å². The molecule has 1 aliphatic rings. The van der Waals surface area contributed by atoms with Gasteiger partial charge in [0, 0.05) is 75.0 Å². The van der Waals surface area contributed by atoms with Crippen LogP contribution in [0.4, 0.5) is 50.3 Å². The Morgan fingerprint density at radius 1 is 0.406 bits per heavy atom. The zero-order valence-electron chi connectivity index (χ0n) is 73.8. The number of hydroxylamine groups is 2. The predicted molar refractivity (Wildman–Crippen MR) is 521 cm³/mol. The molecule has 0 radical (unpaired) electrons. The van der Waals surface area contributed by atoms with Gasteiger partial charge in [0.2, 0.25) is 29.7 Å². The first kappa shape index (κ1) is 94.9. The lowest BCUT2D eigenvalue weighted by atomic mass is 10.2. The van der Waals surface area contributed by atoms with Crippen molar-refractivity contribution < 1.29 is 53.3 Å². The highest BCUT2D eigenvalue weighted by Gasteiger charge is 2.24. The summed E-state index contributed by atoms with van der Waals surface area (Å²) in [4.78, 5) is 151. The number of nitrogens with one attached hydrogen (secondary N) is 6. The van der Waals surface area contributed by atoms with Gasteiger partial charge in [0.25, 0.3) is 11.8 Å². The van der Waals surface area contributed by atoms with E-state index in [1.807, 2.05) is 197 Å². The molecule has 43 nitrogen and oxygen atoms in total. The van der Waals surface area contributed by atoms with Gasteiger partial charge in [-0.05, 0) is 168 Å². The monoisotopic (exact) mass is 2010 g/mol. The molecule has 2 amide bonds. The lowest BCUT2D eigenvalue weighted by Gasteiger charge is -2.21.